The number of carbonyl (C=O) groups excluding carboxylic acids is 2. The predicted molar refractivity (Wildman–Crippen MR) is 97.4 cm³/mol. The van der Waals surface area contributed by atoms with Crippen molar-refractivity contribution >= 4 is 11.8 Å². The number of fused-ring (bicyclic) bond motifs is 1. The summed E-state index contributed by atoms with van der Waals surface area (Å²) in [5.41, 5.74) is 6.54. The molecule has 2 aliphatic rings. The molecule has 0 aromatic heterocycles. The lowest BCUT2D eigenvalue weighted by Gasteiger charge is -2.22. The van der Waals surface area contributed by atoms with Gasteiger partial charge >= 0.3 is 0 Å². The number of hydrogen-bond donors (Lipinski definition) is 1. The molecular weight excluding hydrogens is 314 g/mol. The maximum atomic E-state index is 12.3. The summed E-state index contributed by atoms with van der Waals surface area (Å²) in [5, 5.41) is 0. The number of carbonyl (C=O) groups is 2. The maximum absolute atomic E-state index is 12.3. The molecule has 2 fully saturated rings. The molecule has 135 valence electrons. The van der Waals surface area contributed by atoms with E-state index in [2.05, 4.69) is 35.6 Å². The van der Waals surface area contributed by atoms with E-state index >= 15 is 0 Å². The van der Waals surface area contributed by atoms with Gasteiger partial charge in [0.15, 0.2) is 0 Å². The largest absolute Gasteiger partial charge is 0.369 e. The zero-order chi connectivity index (χ0) is 17.8. The molecule has 2 N–H and O–H groups in total. The summed E-state index contributed by atoms with van der Waals surface area (Å²) in [6, 6.07) is 10.4. The van der Waals surface area contributed by atoms with Gasteiger partial charge in [0.2, 0.25) is 11.8 Å². The highest BCUT2D eigenvalue weighted by molar-refractivity contribution is 5.84. The maximum Gasteiger partial charge on any atom is 0.223 e. The third kappa shape index (κ3) is 4.60. The van der Waals surface area contributed by atoms with Gasteiger partial charge in [0.1, 0.15) is 0 Å². The van der Waals surface area contributed by atoms with E-state index in [1.807, 2.05) is 11.0 Å². The quantitative estimate of drug-likeness (QED) is 0.817. The molecule has 1 radical (unpaired) electrons. The summed E-state index contributed by atoms with van der Waals surface area (Å²) in [4.78, 5) is 27.9. The van der Waals surface area contributed by atoms with Gasteiger partial charge in [-0.3, -0.25) is 9.59 Å². The number of nitrogens with zero attached hydrogens (tertiary/aromatic N) is 2. The summed E-state index contributed by atoms with van der Waals surface area (Å²) in [7, 11) is 0. The van der Waals surface area contributed by atoms with Gasteiger partial charge in [0.05, 0.1) is 0 Å². The highest BCUT2D eigenvalue weighted by Crippen LogP contribution is 2.31. The van der Waals surface area contributed by atoms with Crippen molar-refractivity contribution in [2.24, 2.45) is 23.5 Å². The number of hydrogen-bond acceptors (Lipinski definition) is 3. The Labute approximate surface area is 150 Å². The number of rotatable bonds is 7. The summed E-state index contributed by atoms with van der Waals surface area (Å²) in [6.45, 7) is 6.60. The van der Waals surface area contributed by atoms with E-state index in [0.717, 1.165) is 39.1 Å². The number of likely N-dealkylation sites (tertiary alicyclic amines) is 2. The number of primary amides is 1. The Morgan fingerprint density at radius 2 is 1.80 bits per heavy atom. The normalized spacial score (nSPS) is 24.3. The van der Waals surface area contributed by atoms with Crippen LogP contribution in [0.3, 0.4) is 0 Å². The van der Waals surface area contributed by atoms with E-state index in [4.69, 9.17) is 5.73 Å². The van der Waals surface area contributed by atoms with Crippen LogP contribution in [0, 0.1) is 24.2 Å². The Morgan fingerprint density at radius 3 is 2.40 bits per heavy atom. The summed E-state index contributed by atoms with van der Waals surface area (Å²) in [5.74, 6) is 0.449. The van der Waals surface area contributed by atoms with Crippen molar-refractivity contribution in [2.45, 2.75) is 19.8 Å². The first kappa shape index (κ1) is 17.9. The lowest BCUT2D eigenvalue weighted by molar-refractivity contribution is -0.134. The lowest BCUT2D eigenvalue weighted by atomic mass is 10.0. The molecular formula is C20H28N3O2. The third-order valence-corrected chi connectivity index (χ3v) is 5.51. The van der Waals surface area contributed by atoms with Crippen molar-refractivity contribution < 1.29 is 9.59 Å². The zero-order valence-electron chi connectivity index (χ0n) is 14.9. The summed E-state index contributed by atoms with van der Waals surface area (Å²) < 4.78 is 0. The highest BCUT2D eigenvalue weighted by Gasteiger charge is 2.41. The van der Waals surface area contributed by atoms with Gasteiger partial charge in [0, 0.05) is 38.5 Å². The van der Waals surface area contributed by atoms with E-state index in [0.29, 0.717) is 11.8 Å². The van der Waals surface area contributed by atoms with Crippen LogP contribution in [0.2, 0.25) is 0 Å². The van der Waals surface area contributed by atoms with Crippen LogP contribution < -0.4 is 5.73 Å². The highest BCUT2D eigenvalue weighted by atomic mass is 16.2. The minimum atomic E-state index is -0.395. The fourth-order valence-corrected chi connectivity index (χ4v) is 3.97. The molecule has 5 heteroatoms. The minimum Gasteiger partial charge on any atom is -0.369 e. The van der Waals surface area contributed by atoms with Gasteiger partial charge in [-0.25, -0.2) is 0 Å². The summed E-state index contributed by atoms with van der Waals surface area (Å²) in [6.07, 6.45) is 3.59. The van der Waals surface area contributed by atoms with Gasteiger partial charge < -0.3 is 15.5 Å². The standard InChI is InChI=1S/C20H28N3O2/c1-15(20(21)25)10-19(24)23-13-17-11-22(12-18(17)14-23)9-5-8-16-6-3-2-4-7-16/h2-4,6-8,15,17-18H,5,9-14H2,1H3,(H2,21,25)/t15?,17-,18?/m0/s1. The smallest absolute Gasteiger partial charge is 0.223 e. The van der Waals surface area contributed by atoms with Crippen LogP contribution >= 0.6 is 0 Å². The molecule has 0 bridgehead atoms. The molecule has 0 aliphatic carbocycles. The average molecular weight is 342 g/mol. The van der Waals surface area contributed by atoms with Gasteiger partial charge in [-0.15, -0.1) is 0 Å². The second kappa shape index (κ2) is 8.00. The van der Waals surface area contributed by atoms with Crippen molar-refractivity contribution in [3.05, 3.63) is 42.3 Å². The Hall–Kier alpha value is -1.88. The predicted octanol–water partition coefficient (Wildman–Crippen LogP) is 1.53. The fourth-order valence-electron chi connectivity index (χ4n) is 3.97. The molecule has 2 aliphatic heterocycles. The van der Waals surface area contributed by atoms with E-state index in [1.165, 1.54) is 5.56 Å². The molecule has 25 heavy (non-hydrogen) atoms. The molecule has 5 nitrogen and oxygen atoms in total. The van der Waals surface area contributed by atoms with Gasteiger partial charge in [-0.1, -0.05) is 37.3 Å². The Balaban J connectivity index is 1.39. The molecule has 2 saturated heterocycles. The second-order valence-electron chi connectivity index (χ2n) is 7.49. The molecule has 1 aromatic rings. The van der Waals surface area contributed by atoms with E-state index in [1.54, 1.807) is 6.92 Å². The number of benzene rings is 1. The number of nitrogens with two attached hydrogens (primary N) is 1. The molecule has 0 saturated carbocycles. The van der Waals surface area contributed by atoms with E-state index < -0.39 is 5.91 Å². The molecule has 2 unspecified atom stereocenters. The van der Waals surface area contributed by atoms with Crippen LogP contribution in [0.15, 0.2) is 30.3 Å². The molecule has 3 rings (SSSR count). The first-order valence-corrected chi connectivity index (χ1v) is 9.20. The minimum absolute atomic E-state index is 0.0738. The molecule has 2 heterocycles. The van der Waals surface area contributed by atoms with Crippen molar-refractivity contribution in [1.29, 1.82) is 0 Å². The van der Waals surface area contributed by atoms with Crippen LogP contribution in [-0.2, 0) is 9.59 Å². The molecule has 1 aromatic carbocycles. The van der Waals surface area contributed by atoms with Crippen LogP contribution in [0.25, 0.3) is 0 Å². The summed E-state index contributed by atoms with van der Waals surface area (Å²) >= 11 is 0. The van der Waals surface area contributed by atoms with Crippen molar-refractivity contribution in [3.63, 3.8) is 0 Å². The molecule has 3 atom stereocenters. The van der Waals surface area contributed by atoms with Gasteiger partial charge in [-0.2, -0.15) is 0 Å². The first-order chi connectivity index (χ1) is 12.0. The Bertz CT molecular complexity index is 590. The van der Waals surface area contributed by atoms with E-state index in [-0.39, 0.29) is 18.2 Å². The van der Waals surface area contributed by atoms with Crippen LogP contribution in [0.1, 0.15) is 25.3 Å². The topological polar surface area (TPSA) is 66.6 Å². The molecule has 0 spiro atoms. The van der Waals surface area contributed by atoms with Crippen LogP contribution in [0.5, 0.6) is 0 Å². The Kier molecular flexibility index (Phi) is 5.74. The number of amides is 2. The SMILES string of the molecule is CC(CC(=O)N1CC2CN(CC[CH]c3ccccc3)C[C@H]2C1)C(N)=O. The van der Waals surface area contributed by atoms with Crippen LogP contribution in [0.4, 0.5) is 0 Å². The average Bonchev–Trinajstić information content (AvgIpc) is 3.14. The monoisotopic (exact) mass is 342 g/mol. The third-order valence-electron chi connectivity index (χ3n) is 5.51. The first-order valence-electron chi connectivity index (χ1n) is 9.20. The second-order valence-corrected chi connectivity index (χ2v) is 7.49. The zero-order valence-corrected chi connectivity index (χ0v) is 14.9. The Morgan fingerprint density at radius 1 is 1.16 bits per heavy atom. The van der Waals surface area contributed by atoms with Crippen molar-refractivity contribution in [3.8, 4) is 0 Å². The fraction of sp³-hybridized carbons (Fsp3) is 0.550. The molecule has 2 amide bonds. The van der Waals surface area contributed by atoms with Gasteiger partial charge in [-0.05, 0) is 36.8 Å². The van der Waals surface area contributed by atoms with Crippen LogP contribution in [-0.4, -0.2) is 54.3 Å². The van der Waals surface area contributed by atoms with Crippen molar-refractivity contribution in [2.75, 3.05) is 32.7 Å². The van der Waals surface area contributed by atoms with Gasteiger partial charge in [0.25, 0.3) is 0 Å². The van der Waals surface area contributed by atoms with E-state index in [9.17, 15) is 9.59 Å². The van der Waals surface area contributed by atoms with Crippen molar-refractivity contribution in [1.82, 2.24) is 9.80 Å². The lowest BCUT2D eigenvalue weighted by Crippen LogP contribution is -2.35.